The first kappa shape index (κ1) is 13.7. The molecule has 1 rings (SSSR count). The predicted molar refractivity (Wildman–Crippen MR) is 67.3 cm³/mol. The van der Waals surface area contributed by atoms with Gasteiger partial charge in [0, 0.05) is 13.7 Å². The van der Waals surface area contributed by atoms with E-state index in [0.29, 0.717) is 13.0 Å². The Morgan fingerprint density at radius 1 is 1.29 bits per heavy atom. The van der Waals surface area contributed by atoms with Crippen molar-refractivity contribution in [3.8, 4) is 0 Å². The van der Waals surface area contributed by atoms with Crippen molar-refractivity contribution in [1.82, 2.24) is 0 Å². The van der Waals surface area contributed by atoms with E-state index >= 15 is 0 Å². The summed E-state index contributed by atoms with van der Waals surface area (Å²) >= 11 is 0. The Bertz CT molecular complexity index is 343. The predicted octanol–water partition coefficient (Wildman–Crippen LogP) is 2.98. The number of benzene rings is 1. The number of carboxylic acids is 1. The van der Waals surface area contributed by atoms with Gasteiger partial charge in [0.25, 0.3) is 0 Å². The number of aryl methyl sites for hydroxylation is 1. The number of ether oxygens (including phenoxy) is 1. The molecule has 0 aliphatic carbocycles. The highest BCUT2D eigenvalue weighted by atomic mass is 16.5. The topological polar surface area (TPSA) is 46.5 Å². The summed E-state index contributed by atoms with van der Waals surface area (Å²) < 4.78 is 4.96. The van der Waals surface area contributed by atoms with Gasteiger partial charge in [-0.1, -0.05) is 29.8 Å². The molecule has 1 unspecified atom stereocenters. The van der Waals surface area contributed by atoms with Crippen molar-refractivity contribution in [3.05, 3.63) is 35.4 Å². The molecule has 1 N–H and O–H groups in total. The largest absolute Gasteiger partial charge is 0.481 e. The van der Waals surface area contributed by atoms with E-state index in [1.165, 1.54) is 0 Å². The summed E-state index contributed by atoms with van der Waals surface area (Å²) in [7, 11) is 1.66. The second kappa shape index (κ2) is 7.07. The van der Waals surface area contributed by atoms with Crippen molar-refractivity contribution in [2.24, 2.45) is 0 Å². The summed E-state index contributed by atoms with van der Waals surface area (Å²) in [5, 5.41) is 9.22. The molecule has 0 radical (unpaired) electrons. The zero-order chi connectivity index (χ0) is 12.7. The van der Waals surface area contributed by atoms with Gasteiger partial charge in [-0.05, 0) is 31.7 Å². The van der Waals surface area contributed by atoms with Gasteiger partial charge in [0.1, 0.15) is 0 Å². The van der Waals surface area contributed by atoms with Crippen LogP contribution in [0.3, 0.4) is 0 Å². The molecule has 1 atom stereocenters. The Hall–Kier alpha value is -1.35. The molecule has 1 aromatic rings. The van der Waals surface area contributed by atoms with Gasteiger partial charge in [0.05, 0.1) is 5.92 Å². The Kier molecular flexibility index (Phi) is 5.70. The lowest BCUT2D eigenvalue weighted by Crippen LogP contribution is -2.11. The monoisotopic (exact) mass is 236 g/mol. The summed E-state index contributed by atoms with van der Waals surface area (Å²) in [6.07, 6.45) is 2.45. The Labute approximate surface area is 102 Å². The third-order valence-electron chi connectivity index (χ3n) is 2.87. The van der Waals surface area contributed by atoms with E-state index in [-0.39, 0.29) is 0 Å². The van der Waals surface area contributed by atoms with Gasteiger partial charge in [0.15, 0.2) is 0 Å². The van der Waals surface area contributed by atoms with E-state index in [2.05, 4.69) is 0 Å². The van der Waals surface area contributed by atoms with Crippen molar-refractivity contribution >= 4 is 5.97 Å². The fraction of sp³-hybridized carbons (Fsp3) is 0.500. The molecule has 3 nitrogen and oxygen atoms in total. The van der Waals surface area contributed by atoms with Gasteiger partial charge in [-0.25, -0.2) is 0 Å². The quantitative estimate of drug-likeness (QED) is 0.740. The van der Waals surface area contributed by atoms with E-state index in [1.54, 1.807) is 7.11 Å². The summed E-state index contributed by atoms with van der Waals surface area (Å²) in [6, 6.07) is 7.73. The summed E-state index contributed by atoms with van der Waals surface area (Å²) in [4.78, 5) is 11.2. The lowest BCUT2D eigenvalue weighted by atomic mass is 9.93. The first-order valence-electron chi connectivity index (χ1n) is 5.93. The van der Waals surface area contributed by atoms with Crippen molar-refractivity contribution in [1.29, 1.82) is 0 Å². The summed E-state index contributed by atoms with van der Waals surface area (Å²) in [5.74, 6) is -1.14. The minimum Gasteiger partial charge on any atom is -0.481 e. The van der Waals surface area contributed by atoms with Gasteiger partial charge in [-0.3, -0.25) is 4.79 Å². The lowest BCUT2D eigenvalue weighted by molar-refractivity contribution is -0.139. The van der Waals surface area contributed by atoms with E-state index < -0.39 is 11.9 Å². The third kappa shape index (κ3) is 4.57. The smallest absolute Gasteiger partial charge is 0.310 e. The van der Waals surface area contributed by atoms with Crippen LogP contribution >= 0.6 is 0 Å². The Morgan fingerprint density at radius 2 is 1.94 bits per heavy atom. The molecule has 0 heterocycles. The number of rotatable bonds is 7. The van der Waals surface area contributed by atoms with E-state index in [1.807, 2.05) is 31.2 Å². The fourth-order valence-corrected chi connectivity index (χ4v) is 1.83. The standard InChI is InChI=1S/C14H20O3/c1-11-6-8-12(9-7-11)13(14(15)16)5-3-4-10-17-2/h6-9,13H,3-5,10H2,1-2H3,(H,15,16). The number of hydrogen-bond acceptors (Lipinski definition) is 2. The molecule has 0 aliphatic heterocycles. The Balaban J connectivity index is 2.59. The number of carboxylic acid groups (broad SMARTS) is 1. The zero-order valence-electron chi connectivity index (χ0n) is 10.5. The Morgan fingerprint density at radius 3 is 2.47 bits per heavy atom. The van der Waals surface area contributed by atoms with Crippen molar-refractivity contribution in [2.75, 3.05) is 13.7 Å². The normalized spacial score (nSPS) is 12.4. The number of carbonyl (C=O) groups is 1. The molecule has 17 heavy (non-hydrogen) atoms. The highest BCUT2D eigenvalue weighted by molar-refractivity contribution is 5.76. The van der Waals surface area contributed by atoms with Crippen molar-refractivity contribution in [2.45, 2.75) is 32.1 Å². The molecule has 0 fully saturated rings. The number of aliphatic carboxylic acids is 1. The number of hydrogen-bond donors (Lipinski definition) is 1. The van der Waals surface area contributed by atoms with Gasteiger partial charge in [-0.2, -0.15) is 0 Å². The molecule has 0 amide bonds. The van der Waals surface area contributed by atoms with Crippen molar-refractivity contribution in [3.63, 3.8) is 0 Å². The maximum atomic E-state index is 11.2. The molecule has 0 bridgehead atoms. The first-order valence-corrected chi connectivity index (χ1v) is 5.93. The summed E-state index contributed by atoms with van der Waals surface area (Å²) in [6.45, 7) is 2.69. The van der Waals surface area contributed by atoms with Crippen LogP contribution in [0.2, 0.25) is 0 Å². The van der Waals surface area contributed by atoms with Gasteiger partial charge < -0.3 is 9.84 Å². The average Bonchev–Trinajstić information content (AvgIpc) is 2.30. The molecule has 0 saturated carbocycles. The number of unbranched alkanes of at least 4 members (excludes halogenated alkanes) is 1. The third-order valence-corrected chi connectivity index (χ3v) is 2.87. The average molecular weight is 236 g/mol. The van der Waals surface area contributed by atoms with Crippen LogP contribution in [0.15, 0.2) is 24.3 Å². The molecular formula is C14H20O3. The minimum absolute atomic E-state index is 0.396. The number of methoxy groups -OCH3 is 1. The van der Waals surface area contributed by atoms with Crippen LogP contribution in [0.4, 0.5) is 0 Å². The molecule has 1 aromatic carbocycles. The van der Waals surface area contributed by atoms with Crippen LogP contribution in [0.25, 0.3) is 0 Å². The van der Waals surface area contributed by atoms with E-state index in [9.17, 15) is 9.90 Å². The van der Waals surface area contributed by atoms with Gasteiger partial charge in [0.2, 0.25) is 0 Å². The second-order valence-electron chi connectivity index (χ2n) is 4.29. The van der Waals surface area contributed by atoms with Crippen LogP contribution in [0.5, 0.6) is 0 Å². The highest BCUT2D eigenvalue weighted by Crippen LogP contribution is 2.22. The van der Waals surface area contributed by atoms with E-state index in [0.717, 1.165) is 24.0 Å². The summed E-state index contributed by atoms with van der Waals surface area (Å²) in [5.41, 5.74) is 2.04. The molecule has 94 valence electrons. The first-order chi connectivity index (χ1) is 8.15. The molecule has 3 heteroatoms. The lowest BCUT2D eigenvalue weighted by Gasteiger charge is -2.12. The molecule has 0 aliphatic rings. The second-order valence-corrected chi connectivity index (χ2v) is 4.29. The SMILES string of the molecule is COCCCCC(C(=O)O)c1ccc(C)cc1. The molecule has 0 saturated heterocycles. The molecule has 0 spiro atoms. The van der Waals surface area contributed by atoms with Crippen LogP contribution < -0.4 is 0 Å². The van der Waals surface area contributed by atoms with Crippen LogP contribution in [0, 0.1) is 6.92 Å². The van der Waals surface area contributed by atoms with Crippen LogP contribution in [-0.2, 0) is 9.53 Å². The van der Waals surface area contributed by atoms with E-state index in [4.69, 9.17) is 4.74 Å². The fourth-order valence-electron chi connectivity index (χ4n) is 1.83. The highest BCUT2D eigenvalue weighted by Gasteiger charge is 2.18. The molecular weight excluding hydrogens is 216 g/mol. The van der Waals surface area contributed by atoms with Gasteiger partial charge >= 0.3 is 5.97 Å². The minimum atomic E-state index is -0.744. The maximum Gasteiger partial charge on any atom is 0.310 e. The van der Waals surface area contributed by atoms with Gasteiger partial charge in [-0.15, -0.1) is 0 Å². The van der Waals surface area contributed by atoms with Crippen molar-refractivity contribution < 1.29 is 14.6 Å². The zero-order valence-corrected chi connectivity index (χ0v) is 10.5. The van der Waals surface area contributed by atoms with Crippen LogP contribution in [0.1, 0.15) is 36.3 Å². The molecule has 0 aromatic heterocycles. The maximum absolute atomic E-state index is 11.2. The van der Waals surface area contributed by atoms with Crippen LogP contribution in [-0.4, -0.2) is 24.8 Å².